The number of fused-ring (bicyclic) bond motifs is 1. The maximum Gasteiger partial charge on any atom is 0.302 e. The number of rotatable bonds is 2. The monoisotopic (exact) mass is 670 g/mol. The van der Waals surface area contributed by atoms with Crippen LogP contribution in [0.2, 0.25) is 0 Å². The highest BCUT2D eigenvalue weighted by atomic mass is 16.7. The average molecular weight is 671 g/mol. The van der Waals surface area contributed by atoms with E-state index in [2.05, 4.69) is 0 Å². The molecule has 1 saturated carbocycles. The highest BCUT2D eigenvalue weighted by molar-refractivity contribution is 5.99. The first-order chi connectivity index (χ1) is 22.8. The van der Waals surface area contributed by atoms with Crippen molar-refractivity contribution >= 4 is 23.3 Å². The number of carbonyl (C=O) groups excluding carboxylic acids is 2. The largest absolute Gasteiger partial charge is 0.512 e. The van der Waals surface area contributed by atoms with Crippen molar-refractivity contribution in [1.29, 1.82) is 0 Å². The van der Waals surface area contributed by atoms with Gasteiger partial charge in [-0.1, -0.05) is 6.07 Å². The van der Waals surface area contributed by atoms with E-state index < -0.39 is 96.8 Å². The summed E-state index contributed by atoms with van der Waals surface area (Å²) in [5, 5.41) is 54.2. The maximum absolute atomic E-state index is 14.0. The minimum atomic E-state index is -2.19. The van der Waals surface area contributed by atoms with Crippen LogP contribution < -0.4 is 32.2 Å². The molecular formula is C36H30O13. The fourth-order valence-corrected chi connectivity index (χ4v) is 8.63. The van der Waals surface area contributed by atoms with Gasteiger partial charge in [0.15, 0.2) is 33.3 Å². The smallest absolute Gasteiger partial charge is 0.302 e. The number of ketones is 1. The average Bonchev–Trinajstić information content (AvgIpc) is 3.70. The molecule has 0 spiro atoms. The van der Waals surface area contributed by atoms with Gasteiger partial charge in [-0.25, -0.2) is 0 Å². The number of Topliss-reactive ketones (excluding diaryl/α,β-unsaturated/α-hetero) is 1. The molecule has 1 saturated heterocycles. The first-order valence-electron chi connectivity index (χ1n) is 15.4. The fourth-order valence-electron chi connectivity index (χ4n) is 8.63. The third-order valence-corrected chi connectivity index (χ3v) is 10.4. The van der Waals surface area contributed by atoms with Crippen LogP contribution in [0, 0.1) is 44.2 Å². The number of aryl methyl sites for hydroxylation is 1. The Kier molecular flexibility index (Phi) is 6.53. The molecule has 5 N–H and O–H groups in total. The molecule has 13 heteroatoms. The number of benzene rings is 1. The molecule has 252 valence electrons. The van der Waals surface area contributed by atoms with E-state index in [1.807, 2.05) is 0 Å². The van der Waals surface area contributed by atoms with E-state index in [1.165, 1.54) is 52.0 Å². The van der Waals surface area contributed by atoms with Gasteiger partial charge in [-0.2, -0.15) is 0 Å². The van der Waals surface area contributed by atoms with Crippen molar-refractivity contribution in [2.75, 3.05) is 0 Å². The van der Waals surface area contributed by atoms with E-state index >= 15 is 0 Å². The van der Waals surface area contributed by atoms with Crippen LogP contribution in [-0.2, 0) is 19.1 Å². The van der Waals surface area contributed by atoms with Crippen molar-refractivity contribution in [2.24, 2.45) is 5.92 Å². The molecule has 1 aliphatic heterocycles. The SMILES string of the molecule is CC(=O)O[C@H](C)[C@H]1[C@@](C)(O)CC(=O)[C@]23O[C@]12C(O)=c1cc/c(=c2\ccc4c(=O)c5c(=C(C)O)c(C)cc(=O)c=5c(=O)c=4c2=O)c(O)c1[C@H]3O. The molecule has 1 aromatic carbocycles. The molecule has 1 aromatic rings. The van der Waals surface area contributed by atoms with Gasteiger partial charge in [0, 0.05) is 50.2 Å². The van der Waals surface area contributed by atoms with Crippen LogP contribution in [-0.4, -0.2) is 60.2 Å². The lowest BCUT2D eigenvalue weighted by Crippen LogP contribution is -2.64. The number of hydrogen-bond acceptors (Lipinski definition) is 13. The van der Waals surface area contributed by atoms with Gasteiger partial charge in [0.05, 0.1) is 27.7 Å². The van der Waals surface area contributed by atoms with Gasteiger partial charge in [-0.05, 0) is 57.5 Å². The summed E-state index contributed by atoms with van der Waals surface area (Å²) in [5.74, 6) is -4.41. The van der Waals surface area contributed by atoms with Crippen LogP contribution in [0.5, 0.6) is 5.75 Å². The second-order valence-corrected chi connectivity index (χ2v) is 13.4. The first-order valence-corrected chi connectivity index (χ1v) is 15.4. The van der Waals surface area contributed by atoms with Crippen LogP contribution in [0.15, 0.2) is 49.5 Å². The van der Waals surface area contributed by atoms with Gasteiger partial charge in [-0.3, -0.25) is 28.8 Å². The van der Waals surface area contributed by atoms with Gasteiger partial charge in [0.2, 0.25) is 5.43 Å². The molecular weight excluding hydrogens is 640 g/mol. The number of epoxide rings is 1. The number of ether oxygens (including phenoxy) is 2. The summed E-state index contributed by atoms with van der Waals surface area (Å²) in [6.07, 6.45) is -3.61. The van der Waals surface area contributed by atoms with Crippen LogP contribution in [0.1, 0.15) is 51.3 Å². The second kappa shape index (κ2) is 9.91. The van der Waals surface area contributed by atoms with Crippen LogP contribution in [0.4, 0.5) is 0 Å². The summed E-state index contributed by atoms with van der Waals surface area (Å²) in [6, 6.07) is 5.90. The Morgan fingerprint density at radius 2 is 1.49 bits per heavy atom. The number of esters is 1. The van der Waals surface area contributed by atoms with Crippen molar-refractivity contribution < 1.29 is 44.6 Å². The maximum atomic E-state index is 14.0. The first kappa shape index (κ1) is 32.3. The van der Waals surface area contributed by atoms with Crippen LogP contribution >= 0.6 is 0 Å². The van der Waals surface area contributed by atoms with Crippen molar-refractivity contribution in [3.63, 3.8) is 0 Å². The summed E-state index contributed by atoms with van der Waals surface area (Å²) >= 11 is 0. The van der Waals surface area contributed by atoms with E-state index in [9.17, 15) is 54.3 Å². The molecule has 0 aromatic heterocycles. The van der Waals surface area contributed by atoms with Crippen molar-refractivity contribution in [2.45, 2.75) is 70.1 Å². The van der Waals surface area contributed by atoms with E-state index in [1.54, 1.807) is 0 Å². The Hall–Kier alpha value is -5.24. The van der Waals surface area contributed by atoms with Crippen molar-refractivity contribution in [3.05, 3.63) is 124 Å². The Morgan fingerprint density at radius 1 is 0.898 bits per heavy atom. The van der Waals surface area contributed by atoms with Gasteiger partial charge < -0.3 is 35.0 Å². The van der Waals surface area contributed by atoms with E-state index in [-0.39, 0.29) is 48.2 Å². The fraction of sp³-hybridized carbons (Fsp3) is 0.333. The Labute approximate surface area is 273 Å². The summed E-state index contributed by atoms with van der Waals surface area (Å²) in [7, 11) is 0. The Balaban J connectivity index is 1.59. The highest BCUT2D eigenvalue weighted by Crippen LogP contribution is 2.70. The Morgan fingerprint density at radius 3 is 2.12 bits per heavy atom. The molecule has 0 amide bonds. The molecule has 2 fully saturated rings. The lowest BCUT2D eigenvalue weighted by molar-refractivity contribution is -0.162. The van der Waals surface area contributed by atoms with E-state index in [0.29, 0.717) is 0 Å². The number of aliphatic hydroxyl groups is 4. The van der Waals surface area contributed by atoms with Gasteiger partial charge >= 0.3 is 5.97 Å². The summed E-state index contributed by atoms with van der Waals surface area (Å²) in [5.41, 5.74) is -9.90. The third-order valence-electron chi connectivity index (χ3n) is 10.4. The molecule has 7 rings (SSSR count). The third kappa shape index (κ3) is 3.80. The highest BCUT2D eigenvalue weighted by Gasteiger charge is 2.89. The Bertz CT molecular complexity index is 2810. The van der Waals surface area contributed by atoms with Crippen LogP contribution in [0.25, 0.3) is 11.5 Å². The standard InChI is InChI=1S/C36H30O13/c1-12-10-20(39)25-26(22(12)13(2)37)29(43)18-8-6-16(27(41)23(18)30(25)44)17-7-9-19-24(28(17)42)33(46)35-21(40)11-34(5,47)31(14(3)48-15(4)38)36(35,49-35)32(19)45/h6-10,14,31,33,37,42,45-47H,11H2,1-5H3/b17-16-,22-13?/t14-,31+,33-,34+,35-,36+/m1/s1. The molecule has 0 bridgehead atoms. The summed E-state index contributed by atoms with van der Waals surface area (Å²) in [4.78, 5) is 79.8. The molecule has 6 atom stereocenters. The minimum Gasteiger partial charge on any atom is -0.512 e. The number of aromatic hydroxyl groups is 1. The second-order valence-electron chi connectivity index (χ2n) is 13.4. The van der Waals surface area contributed by atoms with Crippen molar-refractivity contribution in [3.8, 4) is 5.75 Å². The van der Waals surface area contributed by atoms with Gasteiger partial charge in [-0.15, -0.1) is 0 Å². The zero-order valence-electron chi connectivity index (χ0n) is 26.8. The molecule has 6 aliphatic rings. The minimum absolute atomic E-state index is 0.00788. The number of phenols is 1. The van der Waals surface area contributed by atoms with Crippen LogP contribution in [0.3, 0.4) is 0 Å². The zero-order valence-corrected chi connectivity index (χ0v) is 26.8. The molecule has 0 unspecified atom stereocenters. The summed E-state index contributed by atoms with van der Waals surface area (Å²) in [6.45, 7) is 6.71. The zero-order chi connectivity index (χ0) is 35.9. The van der Waals surface area contributed by atoms with Gasteiger partial charge in [0.1, 0.15) is 23.7 Å². The predicted octanol–water partition coefficient (Wildman–Crippen LogP) is -1.05. The quantitative estimate of drug-likeness (QED) is 0.127. The van der Waals surface area contributed by atoms with E-state index in [4.69, 9.17) is 9.47 Å². The number of phenolic OH excluding ortho intramolecular Hbond substituents is 1. The molecule has 5 aliphatic carbocycles. The predicted molar refractivity (Wildman–Crippen MR) is 168 cm³/mol. The molecule has 1 heterocycles. The number of aliphatic hydroxyl groups excluding tert-OH is 3. The summed E-state index contributed by atoms with van der Waals surface area (Å²) < 4.78 is 11.3. The topological polar surface area (TPSA) is 225 Å². The number of carbonyl (C=O) groups is 2. The molecule has 49 heavy (non-hydrogen) atoms. The molecule has 13 nitrogen and oxygen atoms in total. The van der Waals surface area contributed by atoms with Gasteiger partial charge in [0.25, 0.3) is 0 Å². The lowest BCUT2D eigenvalue weighted by atomic mass is 9.58. The van der Waals surface area contributed by atoms with E-state index in [0.717, 1.165) is 13.0 Å². The number of hydrogen-bond donors (Lipinski definition) is 5. The lowest BCUT2D eigenvalue weighted by Gasteiger charge is -2.46. The normalized spacial score (nSPS) is 29.2. The van der Waals surface area contributed by atoms with Crippen molar-refractivity contribution in [1.82, 2.24) is 0 Å². The molecule has 0 radical (unpaired) electrons.